The predicted octanol–water partition coefficient (Wildman–Crippen LogP) is 3.58. The predicted molar refractivity (Wildman–Crippen MR) is 121 cm³/mol. The summed E-state index contributed by atoms with van der Waals surface area (Å²) in [5, 5.41) is 16.0. The van der Waals surface area contributed by atoms with E-state index in [2.05, 4.69) is 27.5 Å². The van der Waals surface area contributed by atoms with Crippen LogP contribution in [-0.4, -0.2) is 45.5 Å². The number of hydrogen-bond acceptors (Lipinski definition) is 6. The minimum Gasteiger partial charge on any atom is -0.484 e. The van der Waals surface area contributed by atoms with Gasteiger partial charge in [-0.2, -0.15) is 4.52 Å². The van der Waals surface area contributed by atoms with Gasteiger partial charge in [0.2, 0.25) is 5.88 Å². The molecule has 4 rings (SSSR count). The average Bonchev–Trinajstić information content (AvgIpc) is 3.24. The number of halogens is 1. The Morgan fingerprint density at radius 1 is 1.03 bits per heavy atom. The maximum absolute atomic E-state index is 12.0. The van der Waals surface area contributed by atoms with Crippen LogP contribution in [0.15, 0.2) is 60.7 Å². The van der Waals surface area contributed by atoms with Crippen LogP contribution >= 0.6 is 11.6 Å². The highest BCUT2D eigenvalue weighted by atomic mass is 35.5. The smallest absolute Gasteiger partial charge is 0.258 e. The number of nitrogens with zero attached hydrogens (tertiary/aromatic N) is 4. The minimum atomic E-state index is -0.226. The zero-order chi connectivity index (χ0) is 22.3. The zero-order valence-corrected chi connectivity index (χ0v) is 18.2. The fourth-order valence-corrected chi connectivity index (χ4v) is 3.25. The summed E-state index contributed by atoms with van der Waals surface area (Å²) < 4.78 is 12.7. The van der Waals surface area contributed by atoms with E-state index in [1.807, 2.05) is 42.5 Å². The number of aryl methyl sites for hydroxylation is 1. The Balaban J connectivity index is 1.28. The molecular weight excluding hydrogens is 430 g/mol. The van der Waals surface area contributed by atoms with Gasteiger partial charge in [-0.1, -0.05) is 42.8 Å². The van der Waals surface area contributed by atoms with Crippen LogP contribution in [-0.2, 0) is 11.2 Å². The number of carbonyl (C=O) groups excluding carboxylic acids is 1. The summed E-state index contributed by atoms with van der Waals surface area (Å²) in [5.74, 6) is 1.34. The number of hydrogen-bond donors (Lipinski definition) is 1. The molecule has 0 aliphatic carbocycles. The van der Waals surface area contributed by atoms with Gasteiger partial charge in [-0.25, -0.2) is 0 Å². The van der Waals surface area contributed by atoms with Gasteiger partial charge in [0.1, 0.15) is 12.4 Å². The molecule has 9 heteroatoms. The van der Waals surface area contributed by atoms with E-state index in [9.17, 15) is 4.79 Å². The van der Waals surface area contributed by atoms with Crippen molar-refractivity contribution < 1.29 is 14.3 Å². The van der Waals surface area contributed by atoms with E-state index in [-0.39, 0.29) is 19.1 Å². The third-order valence-electron chi connectivity index (χ3n) is 4.73. The maximum Gasteiger partial charge on any atom is 0.258 e. The van der Waals surface area contributed by atoms with Gasteiger partial charge in [-0.05, 0) is 42.3 Å². The number of nitrogens with one attached hydrogen (secondary N) is 1. The van der Waals surface area contributed by atoms with Crippen molar-refractivity contribution in [2.75, 3.05) is 19.8 Å². The van der Waals surface area contributed by atoms with Gasteiger partial charge in [0.15, 0.2) is 18.1 Å². The molecule has 1 amide bonds. The van der Waals surface area contributed by atoms with Crippen LogP contribution in [0, 0.1) is 0 Å². The van der Waals surface area contributed by atoms with Crippen LogP contribution in [0.5, 0.6) is 11.6 Å². The highest BCUT2D eigenvalue weighted by Crippen LogP contribution is 2.26. The molecule has 2 aromatic heterocycles. The van der Waals surface area contributed by atoms with Crippen molar-refractivity contribution in [3.8, 4) is 23.0 Å². The molecule has 0 saturated heterocycles. The number of ether oxygens (including phenoxy) is 2. The molecule has 8 nitrogen and oxygen atoms in total. The van der Waals surface area contributed by atoms with Crippen molar-refractivity contribution in [2.24, 2.45) is 0 Å². The third-order valence-corrected chi connectivity index (χ3v) is 5.06. The summed E-state index contributed by atoms with van der Waals surface area (Å²) in [6.45, 7) is 2.59. The van der Waals surface area contributed by atoms with Gasteiger partial charge < -0.3 is 14.8 Å². The SMILES string of the molecule is CCc1ccc(OCC(=O)NCCOc2ccc3nnc(-c4ccccc4Cl)n3n2)cc1. The Bertz CT molecular complexity index is 1210. The average molecular weight is 452 g/mol. The van der Waals surface area contributed by atoms with Gasteiger partial charge in [-0.15, -0.1) is 15.3 Å². The van der Waals surface area contributed by atoms with E-state index in [1.165, 1.54) is 5.56 Å². The van der Waals surface area contributed by atoms with Gasteiger partial charge >= 0.3 is 0 Å². The van der Waals surface area contributed by atoms with Crippen LogP contribution < -0.4 is 14.8 Å². The van der Waals surface area contributed by atoms with E-state index in [0.29, 0.717) is 34.7 Å². The lowest BCUT2D eigenvalue weighted by atomic mass is 10.2. The van der Waals surface area contributed by atoms with Gasteiger partial charge in [0.25, 0.3) is 5.91 Å². The monoisotopic (exact) mass is 451 g/mol. The Morgan fingerprint density at radius 3 is 2.62 bits per heavy atom. The number of amides is 1. The maximum atomic E-state index is 12.0. The van der Waals surface area contributed by atoms with E-state index in [0.717, 1.165) is 12.0 Å². The lowest BCUT2D eigenvalue weighted by molar-refractivity contribution is -0.123. The Morgan fingerprint density at radius 2 is 1.84 bits per heavy atom. The molecule has 2 heterocycles. The Labute approximate surface area is 190 Å². The molecule has 32 heavy (non-hydrogen) atoms. The standard InChI is InChI=1S/C23H22ClN5O3/c1-2-16-7-9-17(10-8-16)32-15-21(30)25-13-14-31-22-12-11-20-26-27-23(29(20)28-22)18-5-3-4-6-19(18)24/h3-12H,2,13-15H2,1H3,(H,25,30). The molecule has 0 atom stereocenters. The van der Waals surface area contributed by atoms with Crippen LogP contribution in [0.25, 0.3) is 17.0 Å². The molecule has 4 aromatic rings. The molecule has 2 aromatic carbocycles. The number of carbonyl (C=O) groups is 1. The zero-order valence-electron chi connectivity index (χ0n) is 17.5. The molecule has 0 aliphatic heterocycles. The number of fused-ring (bicyclic) bond motifs is 1. The molecule has 0 bridgehead atoms. The lowest BCUT2D eigenvalue weighted by Gasteiger charge is -2.09. The Hall–Kier alpha value is -3.65. The van der Waals surface area contributed by atoms with Crippen molar-refractivity contribution >= 4 is 23.2 Å². The number of aromatic nitrogens is 4. The highest BCUT2D eigenvalue weighted by molar-refractivity contribution is 6.33. The summed E-state index contributed by atoms with van der Waals surface area (Å²) in [6, 6.07) is 18.5. The first kappa shape index (κ1) is 21.6. The van der Waals surface area contributed by atoms with Crippen molar-refractivity contribution in [2.45, 2.75) is 13.3 Å². The lowest BCUT2D eigenvalue weighted by Crippen LogP contribution is -2.32. The van der Waals surface area contributed by atoms with E-state index < -0.39 is 0 Å². The topological polar surface area (TPSA) is 90.6 Å². The Kier molecular flexibility index (Phi) is 6.81. The third kappa shape index (κ3) is 5.15. The van der Waals surface area contributed by atoms with Crippen LogP contribution in [0.4, 0.5) is 0 Å². The van der Waals surface area contributed by atoms with Crippen molar-refractivity contribution in [3.63, 3.8) is 0 Å². The van der Waals surface area contributed by atoms with E-state index in [4.69, 9.17) is 21.1 Å². The van der Waals surface area contributed by atoms with Crippen LogP contribution in [0.3, 0.4) is 0 Å². The summed E-state index contributed by atoms with van der Waals surface area (Å²) in [6.07, 6.45) is 0.960. The number of rotatable bonds is 9. The van der Waals surface area contributed by atoms with E-state index in [1.54, 1.807) is 22.7 Å². The van der Waals surface area contributed by atoms with Crippen LogP contribution in [0.1, 0.15) is 12.5 Å². The molecule has 164 valence electrons. The van der Waals surface area contributed by atoms with Gasteiger partial charge in [0, 0.05) is 11.6 Å². The summed E-state index contributed by atoms with van der Waals surface area (Å²) in [5.41, 5.74) is 2.52. The summed E-state index contributed by atoms with van der Waals surface area (Å²) in [4.78, 5) is 12.0. The second-order valence-corrected chi connectivity index (χ2v) is 7.34. The minimum absolute atomic E-state index is 0.0580. The molecule has 0 unspecified atom stereocenters. The van der Waals surface area contributed by atoms with E-state index >= 15 is 0 Å². The number of benzene rings is 2. The summed E-state index contributed by atoms with van der Waals surface area (Å²) in [7, 11) is 0. The fraction of sp³-hybridized carbons (Fsp3) is 0.217. The summed E-state index contributed by atoms with van der Waals surface area (Å²) >= 11 is 6.28. The van der Waals surface area contributed by atoms with Gasteiger partial charge in [0.05, 0.1) is 11.6 Å². The quantitative estimate of drug-likeness (QED) is 0.391. The van der Waals surface area contributed by atoms with Gasteiger partial charge in [-0.3, -0.25) is 4.79 Å². The highest BCUT2D eigenvalue weighted by Gasteiger charge is 2.13. The fourth-order valence-electron chi connectivity index (χ4n) is 3.03. The first-order valence-electron chi connectivity index (χ1n) is 10.2. The molecule has 0 fully saturated rings. The normalized spacial score (nSPS) is 10.8. The second-order valence-electron chi connectivity index (χ2n) is 6.93. The second kappa shape index (κ2) is 10.1. The van der Waals surface area contributed by atoms with Crippen molar-refractivity contribution in [1.82, 2.24) is 25.1 Å². The molecule has 0 aliphatic rings. The first-order valence-corrected chi connectivity index (χ1v) is 10.6. The first-order chi connectivity index (χ1) is 15.6. The molecule has 0 spiro atoms. The largest absolute Gasteiger partial charge is 0.484 e. The van der Waals surface area contributed by atoms with Crippen molar-refractivity contribution in [3.05, 3.63) is 71.2 Å². The van der Waals surface area contributed by atoms with Crippen LogP contribution in [0.2, 0.25) is 5.02 Å². The molecule has 0 saturated carbocycles. The van der Waals surface area contributed by atoms with Crippen molar-refractivity contribution in [1.29, 1.82) is 0 Å². The molecule has 0 radical (unpaired) electrons. The molecular formula is C23H22ClN5O3. The molecule has 1 N–H and O–H groups in total.